The summed E-state index contributed by atoms with van der Waals surface area (Å²) in [7, 11) is 0. The largest absolute Gasteiger partial charge is 0.444 e. The number of carbonyl (C=O) groups is 2. The lowest BCUT2D eigenvalue weighted by Gasteiger charge is -2.21. The van der Waals surface area contributed by atoms with Crippen LogP contribution < -0.4 is 5.32 Å². The van der Waals surface area contributed by atoms with Gasteiger partial charge in [-0.25, -0.2) is 9.48 Å². The van der Waals surface area contributed by atoms with Crippen LogP contribution in [0.3, 0.4) is 0 Å². The Bertz CT molecular complexity index is 422. The molecule has 0 radical (unpaired) electrons. The van der Waals surface area contributed by atoms with Crippen LogP contribution in [0.15, 0.2) is 6.20 Å². The van der Waals surface area contributed by atoms with Crippen LogP contribution in [0.4, 0.5) is 4.79 Å². The van der Waals surface area contributed by atoms with Gasteiger partial charge in [-0.3, -0.25) is 4.79 Å². The van der Waals surface area contributed by atoms with Gasteiger partial charge in [-0.2, -0.15) is 0 Å². The Balaban J connectivity index is 2.44. The third-order valence-electron chi connectivity index (χ3n) is 1.90. The van der Waals surface area contributed by atoms with E-state index < -0.39 is 11.7 Å². The number of nitrogens with zero attached hydrogens (tertiary/aromatic N) is 3. The molecule has 7 heteroatoms. The zero-order chi connectivity index (χ0) is 13.8. The van der Waals surface area contributed by atoms with Crippen molar-refractivity contribution in [3.05, 3.63) is 11.9 Å². The number of aldehydes is 1. The highest BCUT2D eigenvalue weighted by atomic mass is 16.6. The molecule has 0 aliphatic rings. The molecular formula is C11H18N4O3. The summed E-state index contributed by atoms with van der Waals surface area (Å²) in [5.74, 6) is 0. The standard InChI is InChI=1S/C11H18N4O3/c1-8(12-10(17)18-11(2,3)4)5-15-6-9(7-16)13-14-15/h6-8H,5H2,1-4H3,(H,12,17)/t8-/m1/s1. The van der Waals surface area contributed by atoms with E-state index in [2.05, 4.69) is 15.6 Å². The summed E-state index contributed by atoms with van der Waals surface area (Å²) in [6.07, 6.45) is 1.65. The normalized spacial score (nSPS) is 12.9. The number of carbonyl (C=O) groups excluding carboxylic acids is 2. The molecule has 1 atom stereocenters. The van der Waals surface area contributed by atoms with E-state index in [-0.39, 0.29) is 11.7 Å². The van der Waals surface area contributed by atoms with Crippen LogP contribution in [0.25, 0.3) is 0 Å². The summed E-state index contributed by atoms with van der Waals surface area (Å²) in [5.41, 5.74) is -0.263. The molecule has 0 saturated carbocycles. The number of ether oxygens (including phenoxy) is 1. The molecule has 0 unspecified atom stereocenters. The van der Waals surface area contributed by atoms with Crippen LogP contribution in [0.2, 0.25) is 0 Å². The quantitative estimate of drug-likeness (QED) is 0.810. The van der Waals surface area contributed by atoms with Crippen molar-refractivity contribution in [2.75, 3.05) is 0 Å². The summed E-state index contributed by atoms with van der Waals surface area (Å²) < 4.78 is 6.61. The monoisotopic (exact) mass is 254 g/mol. The van der Waals surface area contributed by atoms with Gasteiger partial charge < -0.3 is 10.1 Å². The molecule has 18 heavy (non-hydrogen) atoms. The SMILES string of the molecule is C[C@H](Cn1cc(C=O)nn1)NC(=O)OC(C)(C)C. The molecule has 0 aromatic carbocycles. The molecule has 0 fully saturated rings. The number of hydrogen-bond donors (Lipinski definition) is 1. The fraction of sp³-hybridized carbons (Fsp3) is 0.636. The first-order chi connectivity index (χ1) is 8.30. The van der Waals surface area contributed by atoms with Crippen molar-refractivity contribution in [2.24, 2.45) is 0 Å². The molecule has 1 N–H and O–H groups in total. The maximum atomic E-state index is 11.5. The second-order valence-corrected chi connectivity index (χ2v) is 5.03. The molecule has 0 bridgehead atoms. The number of aromatic nitrogens is 3. The van der Waals surface area contributed by atoms with E-state index in [1.165, 1.54) is 10.9 Å². The third kappa shape index (κ3) is 4.94. The average Bonchev–Trinajstić information content (AvgIpc) is 2.61. The molecule has 100 valence electrons. The number of nitrogens with one attached hydrogen (secondary N) is 1. The van der Waals surface area contributed by atoms with Crippen LogP contribution in [-0.2, 0) is 11.3 Å². The van der Waals surface area contributed by atoms with Crippen LogP contribution >= 0.6 is 0 Å². The first-order valence-corrected chi connectivity index (χ1v) is 5.65. The van der Waals surface area contributed by atoms with Gasteiger partial charge in [-0.1, -0.05) is 5.21 Å². The van der Waals surface area contributed by atoms with Crippen LogP contribution in [0, 0.1) is 0 Å². The summed E-state index contributed by atoms with van der Waals surface area (Å²) in [6.45, 7) is 7.62. The Morgan fingerprint density at radius 3 is 2.78 bits per heavy atom. The fourth-order valence-electron chi connectivity index (χ4n) is 1.29. The first kappa shape index (κ1) is 14.1. The number of hydrogen-bond acceptors (Lipinski definition) is 5. The number of alkyl carbamates (subject to hydrolysis) is 1. The summed E-state index contributed by atoms with van der Waals surface area (Å²) >= 11 is 0. The smallest absolute Gasteiger partial charge is 0.407 e. The number of amides is 1. The Kier molecular flexibility index (Phi) is 4.41. The van der Waals surface area contributed by atoms with Crippen molar-refractivity contribution in [3.63, 3.8) is 0 Å². The molecule has 0 saturated heterocycles. The molecule has 1 heterocycles. The Hall–Kier alpha value is -1.92. The molecule has 0 spiro atoms. The molecule has 0 aliphatic carbocycles. The van der Waals surface area contributed by atoms with E-state index in [0.29, 0.717) is 12.8 Å². The van der Waals surface area contributed by atoms with Crippen molar-refractivity contribution in [1.82, 2.24) is 20.3 Å². The summed E-state index contributed by atoms with van der Waals surface area (Å²) in [6, 6.07) is -0.180. The van der Waals surface area contributed by atoms with Gasteiger partial charge in [0.2, 0.25) is 0 Å². The van der Waals surface area contributed by atoms with E-state index in [0.717, 1.165) is 0 Å². The lowest BCUT2D eigenvalue weighted by Crippen LogP contribution is -2.39. The molecular weight excluding hydrogens is 236 g/mol. The van der Waals surface area contributed by atoms with E-state index in [9.17, 15) is 9.59 Å². The Morgan fingerprint density at radius 1 is 1.61 bits per heavy atom. The van der Waals surface area contributed by atoms with E-state index in [1.54, 1.807) is 20.8 Å². The molecule has 1 aromatic rings. The third-order valence-corrected chi connectivity index (χ3v) is 1.90. The van der Waals surface area contributed by atoms with Gasteiger partial charge in [0.15, 0.2) is 6.29 Å². The fourth-order valence-corrected chi connectivity index (χ4v) is 1.29. The predicted octanol–water partition coefficient (Wildman–Crippen LogP) is 1.00. The minimum absolute atomic E-state index is 0.180. The molecule has 1 amide bonds. The maximum absolute atomic E-state index is 11.5. The van der Waals surface area contributed by atoms with Gasteiger partial charge >= 0.3 is 6.09 Å². The van der Waals surface area contributed by atoms with E-state index in [1.807, 2.05) is 6.92 Å². The number of rotatable bonds is 4. The highest BCUT2D eigenvalue weighted by Gasteiger charge is 2.17. The average molecular weight is 254 g/mol. The van der Waals surface area contributed by atoms with Crippen molar-refractivity contribution < 1.29 is 14.3 Å². The predicted molar refractivity (Wildman–Crippen MR) is 64.2 cm³/mol. The van der Waals surface area contributed by atoms with Gasteiger partial charge in [0.25, 0.3) is 0 Å². The summed E-state index contributed by atoms with van der Waals surface area (Å²) in [4.78, 5) is 21.9. The minimum atomic E-state index is -0.526. The van der Waals surface area contributed by atoms with Crippen molar-refractivity contribution in [1.29, 1.82) is 0 Å². The van der Waals surface area contributed by atoms with Gasteiger partial charge in [0.05, 0.1) is 12.7 Å². The molecule has 1 rings (SSSR count). The lowest BCUT2D eigenvalue weighted by atomic mass is 10.2. The van der Waals surface area contributed by atoms with Crippen LogP contribution in [0.5, 0.6) is 0 Å². The van der Waals surface area contributed by atoms with Crippen molar-refractivity contribution in [2.45, 2.75) is 45.9 Å². The van der Waals surface area contributed by atoms with Gasteiger partial charge in [0.1, 0.15) is 11.3 Å². The van der Waals surface area contributed by atoms with Crippen LogP contribution in [0.1, 0.15) is 38.2 Å². The lowest BCUT2D eigenvalue weighted by molar-refractivity contribution is 0.0503. The molecule has 0 aliphatic heterocycles. The second kappa shape index (κ2) is 5.61. The highest BCUT2D eigenvalue weighted by molar-refractivity contribution is 5.70. The zero-order valence-electron chi connectivity index (χ0n) is 11.0. The topological polar surface area (TPSA) is 86.1 Å². The Morgan fingerprint density at radius 2 is 2.28 bits per heavy atom. The van der Waals surface area contributed by atoms with Crippen molar-refractivity contribution in [3.8, 4) is 0 Å². The van der Waals surface area contributed by atoms with E-state index >= 15 is 0 Å². The highest BCUT2D eigenvalue weighted by Crippen LogP contribution is 2.06. The minimum Gasteiger partial charge on any atom is -0.444 e. The first-order valence-electron chi connectivity index (χ1n) is 5.65. The molecule has 7 nitrogen and oxygen atoms in total. The molecule has 1 aromatic heterocycles. The maximum Gasteiger partial charge on any atom is 0.407 e. The Labute approximate surface area is 105 Å². The van der Waals surface area contributed by atoms with Crippen molar-refractivity contribution >= 4 is 12.4 Å². The zero-order valence-corrected chi connectivity index (χ0v) is 11.0. The van der Waals surface area contributed by atoms with Gasteiger partial charge in [-0.15, -0.1) is 5.10 Å². The van der Waals surface area contributed by atoms with Gasteiger partial charge in [0, 0.05) is 6.04 Å². The van der Waals surface area contributed by atoms with E-state index in [4.69, 9.17) is 4.74 Å². The van der Waals surface area contributed by atoms with Gasteiger partial charge in [-0.05, 0) is 27.7 Å². The second-order valence-electron chi connectivity index (χ2n) is 5.03. The van der Waals surface area contributed by atoms with Crippen LogP contribution in [-0.4, -0.2) is 39.0 Å². The summed E-state index contributed by atoms with van der Waals surface area (Å²) in [5, 5.41) is 10.1.